The van der Waals surface area contributed by atoms with Crippen LogP contribution in [0.1, 0.15) is 60.0 Å². The highest BCUT2D eigenvalue weighted by Crippen LogP contribution is 2.39. The molecule has 1 unspecified atom stereocenters. The fraction of sp³-hybridized carbons (Fsp3) is 0.292. The Balaban J connectivity index is 2.25. The van der Waals surface area contributed by atoms with Crippen LogP contribution in [-0.2, 0) is 19.1 Å². The van der Waals surface area contributed by atoms with Crippen LogP contribution in [0.4, 0.5) is 11.4 Å². The summed E-state index contributed by atoms with van der Waals surface area (Å²) in [6.07, 6.45) is 0. The van der Waals surface area contributed by atoms with Gasteiger partial charge in [0.1, 0.15) is 0 Å². The average molecular weight is 436 g/mol. The number of fused-ring (bicyclic) bond motifs is 1. The van der Waals surface area contributed by atoms with Gasteiger partial charge in [-0.15, -0.1) is 0 Å². The van der Waals surface area contributed by atoms with E-state index in [0.717, 1.165) is 0 Å². The van der Waals surface area contributed by atoms with Crippen LogP contribution < -0.4 is 4.90 Å². The van der Waals surface area contributed by atoms with Crippen LogP contribution in [0.25, 0.3) is 0 Å². The van der Waals surface area contributed by atoms with Crippen molar-refractivity contribution in [2.75, 3.05) is 18.1 Å². The fourth-order valence-corrected chi connectivity index (χ4v) is 3.44. The van der Waals surface area contributed by atoms with Crippen LogP contribution in [0.5, 0.6) is 0 Å². The van der Waals surface area contributed by atoms with E-state index in [1.165, 1.54) is 18.7 Å². The number of Topliss-reactive ketones (excluding diaryl/α,β-unsaturated/α-hetero) is 2. The molecule has 8 nitrogen and oxygen atoms in total. The average Bonchev–Trinajstić information content (AvgIpc) is 2.77. The van der Waals surface area contributed by atoms with Gasteiger partial charge in [-0.1, -0.05) is 0 Å². The van der Waals surface area contributed by atoms with Crippen molar-refractivity contribution < 1.29 is 28.7 Å². The number of benzene rings is 2. The van der Waals surface area contributed by atoms with E-state index in [4.69, 9.17) is 9.47 Å². The molecular weight excluding hydrogens is 412 g/mol. The monoisotopic (exact) mass is 436 g/mol. The number of rotatable bonds is 7. The van der Waals surface area contributed by atoms with Crippen molar-refractivity contribution in [2.45, 2.75) is 33.7 Å². The normalized spacial score (nSPS) is 14.8. The van der Waals surface area contributed by atoms with Gasteiger partial charge in [0.25, 0.3) is 0 Å². The second-order valence-corrected chi connectivity index (χ2v) is 7.11. The lowest BCUT2D eigenvalue weighted by atomic mass is 9.96. The van der Waals surface area contributed by atoms with Crippen LogP contribution in [0.3, 0.4) is 0 Å². The highest BCUT2D eigenvalue weighted by Gasteiger charge is 2.40. The molecule has 166 valence electrons. The maximum absolute atomic E-state index is 13.1. The van der Waals surface area contributed by atoms with Gasteiger partial charge < -0.3 is 14.4 Å². The molecule has 1 aliphatic rings. The fourth-order valence-electron chi connectivity index (χ4n) is 3.44. The molecule has 0 fully saturated rings. The molecule has 2 aromatic carbocycles. The summed E-state index contributed by atoms with van der Waals surface area (Å²) in [6, 6.07) is 10.1. The minimum absolute atomic E-state index is 0.0939. The first-order valence-electron chi connectivity index (χ1n) is 10.3. The third kappa shape index (κ3) is 4.44. The molecule has 0 radical (unpaired) electrons. The van der Waals surface area contributed by atoms with Crippen molar-refractivity contribution in [3.8, 4) is 0 Å². The van der Waals surface area contributed by atoms with Gasteiger partial charge in [-0.2, -0.15) is 0 Å². The standard InChI is InChI=1S/C24H24N2O6/c1-5-31-23(29)21-19-13-17(15(4)28)9-12-20(19)25-22(24(30)32-6-2)26(21)18-10-7-16(8-11-18)14(3)27/h7-13,21H,5-6H2,1-4H3. The molecule has 0 aliphatic carbocycles. The van der Waals surface area contributed by atoms with E-state index in [-0.39, 0.29) is 30.6 Å². The molecule has 0 bridgehead atoms. The molecule has 1 aliphatic heterocycles. The number of anilines is 1. The SMILES string of the molecule is CCOC(=O)C1=Nc2ccc(C(C)=O)cc2C(C(=O)OCC)N1c1ccc(C(C)=O)cc1. The van der Waals surface area contributed by atoms with Gasteiger partial charge >= 0.3 is 11.9 Å². The number of aliphatic imine (C=N–C) groups is 1. The number of hydrogen-bond donors (Lipinski definition) is 0. The topological polar surface area (TPSA) is 102 Å². The Labute approximate surface area is 185 Å². The second-order valence-electron chi connectivity index (χ2n) is 7.11. The number of nitrogens with zero attached hydrogens (tertiary/aromatic N) is 2. The van der Waals surface area contributed by atoms with Crippen molar-refractivity contribution in [1.82, 2.24) is 0 Å². The molecule has 0 N–H and O–H groups in total. The van der Waals surface area contributed by atoms with Crippen molar-refractivity contribution >= 4 is 40.7 Å². The summed E-state index contributed by atoms with van der Waals surface area (Å²) in [5.74, 6) is -1.70. The highest BCUT2D eigenvalue weighted by molar-refractivity contribution is 6.42. The summed E-state index contributed by atoms with van der Waals surface area (Å²) < 4.78 is 10.5. The summed E-state index contributed by atoms with van der Waals surface area (Å²) in [7, 11) is 0. The first kappa shape index (κ1) is 22.9. The Morgan fingerprint density at radius 2 is 1.47 bits per heavy atom. The van der Waals surface area contributed by atoms with Gasteiger partial charge in [0.15, 0.2) is 17.6 Å². The van der Waals surface area contributed by atoms with Crippen LogP contribution in [0, 0.1) is 0 Å². The lowest BCUT2D eigenvalue weighted by molar-refractivity contribution is -0.144. The lowest BCUT2D eigenvalue weighted by Crippen LogP contribution is -2.46. The predicted molar refractivity (Wildman–Crippen MR) is 118 cm³/mol. The van der Waals surface area contributed by atoms with Gasteiger partial charge in [-0.25, -0.2) is 14.6 Å². The minimum atomic E-state index is -1.08. The Hall–Kier alpha value is -3.81. The summed E-state index contributed by atoms with van der Waals surface area (Å²) in [4.78, 5) is 55.5. The molecule has 0 saturated heterocycles. The maximum atomic E-state index is 13.1. The van der Waals surface area contributed by atoms with Crippen LogP contribution in [0.2, 0.25) is 0 Å². The molecule has 0 aromatic heterocycles. The lowest BCUT2D eigenvalue weighted by Gasteiger charge is -2.35. The van der Waals surface area contributed by atoms with Gasteiger partial charge in [0.2, 0.25) is 5.84 Å². The quantitative estimate of drug-likeness (QED) is 0.480. The van der Waals surface area contributed by atoms with Crippen molar-refractivity contribution in [3.05, 3.63) is 59.2 Å². The Morgan fingerprint density at radius 1 is 0.875 bits per heavy atom. The predicted octanol–water partition coefficient (Wildman–Crippen LogP) is 3.81. The number of carbonyl (C=O) groups excluding carboxylic acids is 4. The van der Waals surface area contributed by atoms with Crippen molar-refractivity contribution in [1.29, 1.82) is 0 Å². The van der Waals surface area contributed by atoms with E-state index >= 15 is 0 Å². The Morgan fingerprint density at radius 3 is 2.03 bits per heavy atom. The van der Waals surface area contributed by atoms with Gasteiger partial charge in [0.05, 0.1) is 18.9 Å². The largest absolute Gasteiger partial charge is 0.464 e. The van der Waals surface area contributed by atoms with Crippen molar-refractivity contribution in [3.63, 3.8) is 0 Å². The van der Waals surface area contributed by atoms with Gasteiger partial charge in [-0.3, -0.25) is 9.59 Å². The number of esters is 2. The molecule has 8 heteroatoms. The zero-order valence-electron chi connectivity index (χ0n) is 18.4. The Bertz CT molecular complexity index is 1100. The Kier molecular flexibility index (Phi) is 6.82. The first-order chi connectivity index (χ1) is 15.3. The molecule has 0 amide bonds. The van der Waals surface area contributed by atoms with Gasteiger partial charge in [-0.05, 0) is 70.2 Å². The molecular formula is C24H24N2O6. The highest BCUT2D eigenvalue weighted by atomic mass is 16.5. The third-order valence-electron chi connectivity index (χ3n) is 4.96. The molecule has 1 heterocycles. The number of amidine groups is 1. The van der Waals surface area contributed by atoms with E-state index in [9.17, 15) is 19.2 Å². The van der Waals surface area contributed by atoms with E-state index in [1.54, 1.807) is 56.3 Å². The maximum Gasteiger partial charge on any atom is 0.374 e. The molecule has 0 spiro atoms. The minimum Gasteiger partial charge on any atom is -0.464 e. The van der Waals surface area contributed by atoms with E-state index in [1.807, 2.05) is 0 Å². The number of carbonyl (C=O) groups is 4. The van der Waals surface area contributed by atoms with E-state index < -0.39 is 18.0 Å². The molecule has 32 heavy (non-hydrogen) atoms. The first-order valence-corrected chi connectivity index (χ1v) is 10.3. The van der Waals surface area contributed by atoms with Crippen LogP contribution in [-0.4, -0.2) is 42.6 Å². The molecule has 1 atom stereocenters. The van der Waals surface area contributed by atoms with Crippen LogP contribution >= 0.6 is 0 Å². The smallest absolute Gasteiger partial charge is 0.374 e. The number of ketones is 2. The number of ether oxygens (including phenoxy) is 2. The van der Waals surface area contributed by atoms with E-state index in [0.29, 0.717) is 28.1 Å². The molecule has 0 saturated carbocycles. The summed E-state index contributed by atoms with van der Waals surface area (Å²) in [5.41, 5.74) is 2.12. The molecule has 3 rings (SSSR count). The summed E-state index contributed by atoms with van der Waals surface area (Å²) in [6.45, 7) is 6.47. The third-order valence-corrected chi connectivity index (χ3v) is 4.96. The summed E-state index contributed by atoms with van der Waals surface area (Å²) >= 11 is 0. The zero-order valence-corrected chi connectivity index (χ0v) is 18.4. The molecule has 2 aromatic rings. The van der Waals surface area contributed by atoms with Gasteiger partial charge in [0, 0.05) is 22.4 Å². The zero-order chi connectivity index (χ0) is 23.4. The second kappa shape index (κ2) is 9.55. The summed E-state index contributed by atoms with van der Waals surface area (Å²) in [5, 5.41) is 0. The van der Waals surface area contributed by atoms with Crippen molar-refractivity contribution in [2.24, 2.45) is 4.99 Å². The van der Waals surface area contributed by atoms with E-state index in [2.05, 4.69) is 4.99 Å². The number of hydrogen-bond acceptors (Lipinski definition) is 8. The van der Waals surface area contributed by atoms with Crippen LogP contribution in [0.15, 0.2) is 47.5 Å².